The Kier molecular flexibility index (Phi) is 5.87. The second-order valence-corrected chi connectivity index (χ2v) is 8.52. The molecule has 1 saturated heterocycles. The third-order valence-corrected chi connectivity index (χ3v) is 6.25. The smallest absolute Gasteiger partial charge is 0.209 e. The number of aromatic nitrogens is 4. The van der Waals surface area contributed by atoms with Gasteiger partial charge in [0.25, 0.3) is 0 Å². The molecule has 0 aliphatic carbocycles. The molecule has 29 heavy (non-hydrogen) atoms. The highest BCUT2D eigenvalue weighted by molar-refractivity contribution is 7.99. The van der Waals surface area contributed by atoms with E-state index in [9.17, 15) is 4.79 Å². The molecule has 1 fully saturated rings. The van der Waals surface area contributed by atoms with Crippen LogP contribution in [0.15, 0.2) is 35.5 Å². The summed E-state index contributed by atoms with van der Waals surface area (Å²) >= 11 is 1.36. The average Bonchev–Trinajstić information content (AvgIpc) is 3.45. The minimum absolute atomic E-state index is 0.100. The summed E-state index contributed by atoms with van der Waals surface area (Å²) in [6.07, 6.45) is 2.46. The average molecular weight is 411 g/mol. The van der Waals surface area contributed by atoms with E-state index in [2.05, 4.69) is 33.6 Å². The lowest BCUT2D eigenvalue weighted by molar-refractivity contribution is 0.0957. The fourth-order valence-corrected chi connectivity index (χ4v) is 4.40. The summed E-state index contributed by atoms with van der Waals surface area (Å²) in [6, 6.07) is 10.1. The number of ketones is 1. The predicted molar refractivity (Wildman–Crippen MR) is 114 cm³/mol. The number of H-pyrrole nitrogens is 1. The normalized spacial score (nSPS) is 16.4. The first-order valence-electron chi connectivity index (χ1n) is 9.95. The molecule has 3 heterocycles. The van der Waals surface area contributed by atoms with Gasteiger partial charge in [0.2, 0.25) is 5.16 Å². The maximum atomic E-state index is 12.8. The number of Topliss-reactive ketones (excluding diaryl/α,β-unsaturated/α-hetero) is 1. The van der Waals surface area contributed by atoms with E-state index in [0.717, 1.165) is 54.3 Å². The van der Waals surface area contributed by atoms with E-state index in [1.165, 1.54) is 17.3 Å². The van der Waals surface area contributed by atoms with E-state index in [0.29, 0.717) is 10.9 Å². The van der Waals surface area contributed by atoms with Crippen molar-refractivity contribution in [2.45, 2.75) is 51.4 Å². The molecule has 0 bridgehead atoms. The van der Waals surface area contributed by atoms with Crippen LogP contribution in [0.5, 0.6) is 0 Å². The summed E-state index contributed by atoms with van der Waals surface area (Å²) in [5, 5.41) is 7.79. The highest BCUT2D eigenvalue weighted by atomic mass is 32.2. The topological polar surface area (TPSA) is 72.8 Å². The molecule has 1 N–H and O–H groups in total. The van der Waals surface area contributed by atoms with Gasteiger partial charge in [0.05, 0.1) is 11.9 Å². The van der Waals surface area contributed by atoms with Gasteiger partial charge in [0.15, 0.2) is 11.6 Å². The Labute approximate surface area is 175 Å². The lowest BCUT2D eigenvalue weighted by Crippen LogP contribution is -2.17. The van der Waals surface area contributed by atoms with Gasteiger partial charge in [-0.15, -0.1) is 5.10 Å². The minimum Gasteiger partial charge on any atom is -0.376 e. The van der Waals surface area contributed by atoms with Gasteiger partial charge in [-0.2, -0.15) is 0 Å². The maximum absolute atomic E-state index is 12.8. The van der Waals surface area contributed by atoms with Gasteiger partial charge >= 0.3 is 0 Å². The molecule has 1 aliphatic rings. The number of nitrogens with one attached hydrogen (secondary N) is 1. The molecule has 1 atom stereocenters. The zero-order valence-electron chi connectivity index (χ0n) is 17.1. The number of aromatic amines is 1. The van der Waals surface area contributed by atoms with Crippen LogP contribution in [0.2, 0.25) is 0 Å². The lowest BCUT2D eigenvalue weighted by Gasteiger charge is -2.14. The molecular weight excluding hydrogens is 384 g/mol. The van der Waals surface area contributed by atoms with Gasteiger partial charge in [-0.25, -0.2) is 4.98 Å². The molecule has 7 heteroatoms. The third-order valence-electron chi connectivity index (χ3n) is 5.41. The van der Waals surface area contributed by atoms with E-state index in [-0.39, 0.29) is 11.9 Å². The van der Waals surface area contributed by atoms with Crippen LogP contribution in [0, 0.1) is 20.8 Å². The predicted octanol–water partition coefficient (Wildman–Crippen LogP) is 4.35. The van der Waals surface area contributed by atoms with Crippen molar-refractivity contribution in [3.05, 3.63) is 52.8 Å². The summed E-state index contributed by atoms with van der Waals surface area (Å²) in [7, 11) is 0. The second kappa shape index (κ2) is 8.55. The van der Waals surface area contributed by atoms with E-state index in [1.54, 1.807) is 0 Å². The molecule has 4 rings (SSSR count). The molecule has 0 unspecified atom stereocenters. The first kappa shape index (κ1) is 19.9. The van der Waals surface area contributed by atoms with Crippen molar-refractivity contribution in [1.29, 1.82) is 0 Å². The zero-order chi connectivity index (χ0) is 20.4. The molecule has 2 aromatic heterocycles. The number of ether oxygens (including phenoxy) is 1. The van der Waals surface area contributed by atoms with Gasteiger partial charge in [-0.05, 0) is 39.7 Å². The van der Waals surface area contributed by atoms with E-state index < -0.39 is 0 Å². The van der Waals surface area contributed by atoms with Crippen LogP contribution in [0.25, 0.3) is 11.4 Å². The number of thioether (sulfide) groups is 1. The molecule has 1 aromatic carbocycles. The van der Waals surface area contributed by atoms with Crippen LogP contribution < -0.4 is 0 Å². The van der Waals surface area contributed by atoms with Gasteiger partial charge in [-0.1, -0.05) is 41.6 Å². The Bertz CT molecular complexity index is 1000. The third kappa shape index (κ3) is 4.46. The van der Waals surface area contributed by atoms with Crippen molar-refractivity contribution in [2.24, 2.45) is 0 Å². The molecule has 152 valence electrons. The van der Waals surface area contributed by atoms with Crippen LogP contribution >= 0.6 is 11.8 Å². The molecule has 0 radical (unpaired) electrons. The Morgan fingerprint density at radius 2 is 2.07 bits per heavy atom. The maximum Gasteiger partial charge on any atom is 0.209 e. The van der Waals surface area contributed by atoms with E-state index in [1.807, 2.05) is 37.3 Å². The quantitative estimate of drug-likeness (QED) is 0.463. The van der Waals surface area contributed by atoms with Crippen molar-refractivity contribution in [3.8, 4) is 11.4 Å². The van der Waals surface area contributed by atoms with Crippen molar-refractivity contribution in [3.63, 3.8) is 0 Å². The molecule has 3 aromatic rings. The highest BCUT2D eigenvalue weighted by Gasteiger charge is 2.21. The Balaban J connectivity index is 1.40. The van der Waals surface area contributed by atoms with Gasteiger partial charge in [0.1, 0.15) is 0 Å². The number of carbonyl (C=O) groups is 1. The Hall–Kier alpha value is -2.38. The molecule has 0 saturated carbocycles. The van der Waals surface area contributed by atoms with Crippen molar-refractivity contribution < 1.29 is 9.53 Å². The van der Waals surface area contributed by atoms with Gasteiger partial charge in [0, 0.05) is 35.7 Å². The standard InChI is InChI=1S/C22H26N4O2S/c1-14-6-8-17(9-7-14)21-23-22(25-24-21)29-13-20(27)19-11-15(2)26(16(19)3)12-18-5-4-10-28-18/h6-9,11,18H,4-5,10,12-13H2,1-3H3,(H,23,24,25)/t18-/m0/s1. The zero-order valence-corrected chi connectivity index (χ0v) is 17.9. The summed E-state index contributed by atoms with van der Waals surface area (Å²) < 4.78 is 7.96. The van der Waals surface area contributed by atoms with Crippen molar-refractivity contribution in [1.82, 2.24) is 19.7 Å². The molecule has 0 spiro atoms. The van der Waals surface area contributed by atoms with Crippen LogP contribution in [0.3, 0.4) is 0 Å². The van der Waals surface area contributed by atoms with Crippen LogP contribution in [0.4, 0.5) is 0 Å². The van der Waals surface area contributed by atoms with Crippen molar-refractivity contribution >= 4 is 17.5 Å². The number of aryl methyl sites for hydroxylation is 2. The minimum atomic E-state index is 0.100. The summed E-state index contributed by atoms with van der Waals surface area (Å²) in [6.45, 7) is 7.78. The number of rotatable bonds is 7. The number of hydrogen-bond acceptors (Lipinski definition) is 5. The van der Waals surface area contributed by atoms with Gasteiger partial charge < -0.3 is 9.30 Å². The number of carbonyl (C=O) groups excluding carboxylic acids is 1. The van der Waals surface area contributed by atoms with E-state index in [4.69, 9.17) is 4.74 Å². The van der Waals surface area contributed by atoms with Crippen molar-refractivity contribution in [2.75, 3.05) is 12.4 Å². The fourth-order valence-electron chi connectivity index (χ4n) is 3.72. The van der Waals surface area contributed by atoms with E-state index >= 15 is 0 Å². The second-order valence-electron chi connectivity index (χ2n) is 7.57. The molecule has 0 amide bonds. The first-order valence-corrected chi connectivity index (χ1v) is 10.9. The first-order chi connectivity index (χ1) is 14.0. The van der Waals surface area contributed by atoms with Crippen LogP contribution in [-0.2, 0) is 11.3 Å². The summed E-state index contributed by atoms with van der Waals surface area (Å²) in [4.78, 5) is 17.3. The summed E-state index contributed by atoms with van der Waals surface area (Å²) in [5.74, 6) is 1.13. The summed E-state index contributed by atoms with van der Waals surface area (Å²) in [5.41, 5.74) is 5.08. The molecule has 1 aliphatic heterocycles. The largest absolute Gasteiger partial charge is 0.376 e. The monoisotopic (exact) mass is 410 g/mol. The SMILES string of the molecule is Cc1ccc(-c2nc(SCC(=O)c3cc(C)n(C[C@@H]4CCCO4)c3C)n[nH]2)cc1. The number of hydrogen-bond donors (Lipinski definition) is 1. The Morgan fingerprint density at radius 1 is 1.28 bits per heavy atom. The highest BCUT2D eigenvalue weighted by Crippen LogP contribution is 2.24. The molecule has 6 nitrogen and oxygen atoms in total. The number of benzene rings is 1. The van der Waals surface area contributed by atoms with Crippen LogP contribution in [0.1, 0.15) is 40.2 Å². The number of nitrogens with zero attached hydrogens (tertiary/aromatic N) is 3. The molecular formula is C22H26N4O2S. The lowest BCUT2D eigenvalue weighted by atomic mass is 10.1. The fraction of sp³-hybridized carbons (Fsp3) is 0.409. The van der Waals surface area contributed by atoms with Gasteiger partial charge in [-0.3, -0.25) is 9.89 Å². The Morgan fingerprint density at radius 3 is 2.79 bits per heavy atom. The van der Waals surface area contributed by atoms with Crippen LogP contribution in [-0.4, -0.2) is 44.0 Å².